The number of anilines is 1. The lowest BCUT2D eigenvalue weighted by Gasteiger charge is -2.35. The summed E-state index contributed by atoms with van der Waals surface area (Å²) in [6, 6.07) is 1.82. The lowest BCUT2D eigenvalue weighted by molar-refractivity contribution is -0.119. The highest BCUT2D eigenvalue weighted by Gasteiger charge is 2.34. The first kappa shape index (κ1) is 13.2. The van der Waals surface area contributed by atoms with E-state index in [0.717, 1.165) is 35.2 Å². The zero-order valence-electron chi connectivity index (χ0n) is 12.2. The molecule has 4 heteroatoms. The highest BCUT2D eigenvalue weighted by Crippen LogP contribution is 2.46. The van der Waals surface area contributed by atoms with Gasteiger partial charge in [-0.05, 0) is 36.0 Å². The molecule has 0 spiro atoms. The SMILES string of the molecule is COc1cc2c(c3c1N(C)C(=O)CC3C)CCCC2=O. The molecule has 0 fully saturated rings. The summed E-state index contributed by atoms with van der Waals surface area (Å²) in [6.07, 6.45) is 2.92. The average Bonchev–Trinajstić information content (AvgIpc) is 2.43. The van der Waals surface area contributed by atoms with Gasteiger partial charge >= 0.3 is 0 Å². The van der Waals surface area contributed by atoms with Crippen molar-refractivity contribution in [1.29, 1.82) is 0 Å². The molecule has 1 atom stereocenters. The number of hydrogen-bond acceptors (Lipinski definition) is 3. The molecule has 0 N–H and O–H groups in total. The third-order valence-electron chi connectivity index (χ3n) is 4.45. The molecule has 0 saturated heterocycles. The van der Waals surface area contributed by atoms with Crippen molar-refractivity contribution in [3.05, 3.63) is 22.8 Å². The van der Waals surface area contributed by atoms with Gasteiger partial charge in [-0.15, -0.1) is 0 Å². The van der Waals surface area contributed by atoms with Gasteiger partial charge in [-0.3, -0.25) is 9.59 Å². The molecule has 3 rings (SSSR count). The molecule has 2 aliphatic rings. The largest absolute Gasteiger partial charge is 0.495 e. The molecule has 20 heavy (non-hydrogen) atoms. The molecule has 1 aromatic rings. The molecule has 1 amide bonds. The van der Waals surface area contributed by atoms with Crippen LogP contribution in [0.4, 0.5) is 5.69 Å². The van der Waals surface area contributed by atoms with Crippen molar-refractivity contribution in [2.24, 2.45) is 0 Å². The lowest BCUT2D eigenvalue weighted by Crippen LogP contribution is -2.34. The Morgan fingerprint density at radius 2 is 2.05 bits per heavy atom. The van der Waals surface area contributed by atoms with Crippen molar-refractivity contribution < 1.29 is 14.3 Å². The Morgan fingerprint density at radius 3 is 2.75 bits per heavy atom. The second-order valence-electron chi connectivity index (χ2n) is 5.70. The van der Waals surface area contributed by atoms with Crippen LogP contribution in [0.25, 0.3) is 0 Å². The van der Waals surface area contributed by atoms with Gasteiger partial charge in [0.15, 0.2) is 5.78 Å². The number of nitrogens with zero attached hydrogens (tertiary/aromatic N) is 1. The summed E-state index contributed by atoms with van der Waals surface area (Å²) in [5, 5.41) is 0. The maximum atomic E-state index is 12.2. The van der Waals surface area contributed by atoms with E-state index >= 15 is 0 Å². The van der Waals surface area contributed by atoms with Crippen LogP contribution in [0.5, 0.6) is 5.75 Å². The van der Waals surface area contributed by atoms with Crippen LogP contribution >= 0.6 is 0 Å². The van der Waals surface area contributed by atoms with E-state index in [1.165, 1.54) is 0 Å². The first-order chi connectivity index (χ1) is 9.54. The number of Topliss-reactive ketones (excluding diaryl/α,β-unsaturated/α-hetero) is 1. The predicted octanol–water partition coefficient (Wildman–Crippen LogP) is 2.68. The van der Waals surface area contributed by atoms with Crippen molar-refractivity contribution >= 4 is 17.4 Å². The molecule has 1 unspecified atom stereocenters. The fourth-order valence-electron chi connectivity index (χ4n) is 3.44. The quantitative estimate of drug-likeness (QED) is 0.790. The molecular weight excluding hydrogens is 254 g/mol. The zero-order valence-corrected chi connectivity index (χ0v) is 12.2. The summed E-state index contributed by atoms with van der Waals surface area (Å²) in [6.45, 7) is 2.06. The number of ether oxygens (including phenoxy) is 1. The molecule has 106 valence electrons. The van der Waals surface area contributed by atoms with Crippen molar-refractivity contribution in [2.75, 3.05) is 19.1 Å². The monoisotopic (exact) mass is 273 g/mol. The van der Waals surface area contributed by atoms with Gasteiger partial charge in [0, 0.05) is 25.5 Å². The standard InChI is InChI=1S/C16H19NO3/c1-9-7-14(19)17(2)16-13(20-3)8-11-10(15(9)16)5-4-6-12(11)18/h8-9H,4-7H2,1-3H3. The first-order valence-corrected chi connectivity index (χ1v) is 7.08. The summed E-state index contributed by atoms with van der Waals surface area (Å²) in [5.41, 5.74) is 3.91. The van der Waals surface area contributed by atoms with Crippen LogP contribution in [-0.4, -0.2) is 25.8 Å². The van der Waals surface area contributed by atoms with Crippen LogP contribution < -0.4 is 9.64 Å². The number of hydrogen-bond donors (Lipinski definition) is 0. The minimum atomic E-state index is 0.102. The number of rotatable bonds is 1. The molecule has 1 aliphatic carbocycles. The first-order valence-electron chi connectivity index (χ1n) is 7.08. The second-order valence-corrected chi connectivity index (χ2v) is 5.70. The number of fused-ring (bicyclic) bond motifs is 3. The fourth-order valence-corrected chi connectivity index (χ4v) is 3.44. The van der Waals surface area contributed by atoms with Gasteiger partial charge in [0.2, 0.25) is 5.91 Å². The third-order valence-corrected chi connectivity index (χ3v) is 4.45. The van der Waals surface area contributed by atoms with E-state index in [4.69, 9.17) is 4.74 Å². The molecule has 1 aromatic carbocycles. The number of carbonyl (C=O) groups is 2. The van der Waals surface area contributed by atoms with E-state index in [0.29, 0.717) is 18.6 Å². The predicted molar refractivity (Wildman–Crippen MR) is 76.7 cm³/mol. The van der Waals surface area contributed by atoms with Crippen LogP contribution in [0.15, 0.2) is 6.07 Å². The van der Waals surface area contributed by atoms with E-state index in [-0.39, 0.29) is 17.6 Å². The average molecular weight is 273 g/mol. The van der Waals surface area contributed by atoms with Crippen molar-refractivity contribution in [3.63, 3.8) is 0 Å². The lowest BCUT2D eigenvalue weighted by atomic mass is 9.79. The van der Waals surface area contributed by atoms with Crippen molar-refractivity contribution in [3.8, 4) is 5.75 Å². The van der Waals surface area contributed by atoms with Gasteiger partial charge in [-0.2, -0.15) is 0 Å². The molecule has 4 nitrogen and oxygen atoms in total. The Kier molecular flexibility index (Phi) is 3.04. The van der Waals surface area contributed by atoms with Crippen LogP contribution in [0, 0.1) is 0 Å². The van der Waals surface area contributed by atoms with Crippen LogP contribution in [0.3, 0.4) is 0 Å². The number of amides is 1. The maximum absolute atomic E-state index is 12.2. The normalized spacial score (nSPS) is 21.6. The van der Waals surface area contributed by atoms with Crippen molar-refractivity contribution in [1.82, 2.24) is 0 Å². The minimum absolute atomic E-state index is 0.102. The summed E-state index contributed by atoms with van der Waals surface area (Å²) < 4.78 is 5.45. The van der Waals surface area contributed by atoms with Gasteiger partial charge in [-0.1, -0.05) is 6.92 Å². The van der Waals surface area contributed by atoms with E-state index < -0.39 is 0 Å². The molecule has 1 aliphatic heterocycles. The summed E-state index contributed by atoms with van der Waals surface area (Å²) in [5.74, 6) is 1.07. The van der Waals surface area contributed by atoms with E-state index in [2.05, 4.69) is 6.92 Å². The second kappa shape index (κ2) is 4.62. The van der Waals surface area contributed by atoms with E-state index in [9.17, 15) is 9.59 Å². The molecular formula is C16H19NO3. The Morgan fingerprint density at radius 1 is 1.30 bits per heavy atom. The smallest absolute Gasteiger partial charge is 0.227 e. The highest BCUT2D eigenvalue weighted by atomic mass is 16.5. The van der Waals surface area contributed by atoms with Crippen molar-refractivity contribution in [2.45, 2.75) is 38.5 Å². The van der Waals surface area contributed by atoms with Crippen LogP contribution in [0.2, 0.25) is 0 Å². The van der Waals surface area contributed by atoms with E-state index in [1.54, 1.807) is 19.1 Å². The summed E-state index contributed by atoms with van der Waals surface area (Å²) in [7, 11) is 3.37. The zero-order chi connectivity index (χ0) is 14.4. The topological polar surface area (TPSA) is 46.6 Å². The maximum Gasteiger partial charge on any atom is 0.227 e. The Labute approximate surface area is 118 Å². The fraction of sp³-hybridized carbons (Fsp3) is 0.500. The highest BCUT2D eigenvalue weighted by molar-refractivity contribution is 6.04. The number of benzene rings is 1. The summed E-state index contributed by atoms with van der Waals surface area (Å²) >= 11 is 0. The number of carbonyl (C=O) groups excluding carboxylic acids is 2. The van der Waals surface area contributed by atoms with Crippen LogP contribution in [-0.2, 0) is 11.2 Å². The Balaban J connectivity index is 2.32. The Bertz CT molecular complexity index is 606. The van der Waals surface area contributed by atoms with Gasteiger partial charge in [0.25, 0.3) is 0 Å². The molecule has 0 radical (unpaired) electrons. The molecule has 0 aromatic heterocycles. The van der Waals surface area contributed by atoms with Gasteiger partial charge < -0.3 is 9.64 Å². The molecule has 0 saturated carbocycles. The van der Waals surface area contributed by atoms with Crippen LogP contribution in [0.1, 0.15) is 53.6 Å². The van der Waals surface area contributed by atoms with Gasteiger partial charge in [0.1, 0.15) is 5.75 Å². The molecule has 0 bridgehead atoms. The summed E-state index contributed by atoms with van der Waals surface area (Å²) in [4.78, 5) is 25.9. The number of ketones is 1. The molecule has 1 heterocycles. The van der Waals surface area contributed by atoms with Gasteiger partial charge in [0.05, 0.1) is 12.8 Å². The van der Waals surface area contributed by atoms with E-state index in [1.807, 2.05) is 6.07 Å². The van der Waals surface area contributed by atoms with Gasteiger partial charge in [-0.25, -0.2) is 0 Å². The third kappa shape index (κ3) is 1.74. The Hall–Kier alpha value is -1.84. The minimum Gasteiger partial charge on any atom is -0.495 e. The number of methoxy groups -OCH3 is 1.